The maximum atomic E-state index is 10.5. The van der Waals surface area contributed by atoms with Gasteiger partial charge < -0.3 is 5.11 Å². The van der Waals surface area contributed by atoms with Crippen molar-refractivity contribution in [3.8, 4) is 5.69 Å². The lowest BCUT2D eigenvalue weighted by Gasteiger charge is -2.07. The van der Waals surface area contributed by atoms with E-state index in [4.69, 9.17) is 5.11 Å². The zero-order valence-electron chi connectivity index (χ0n) is 11.5. The number of carbonyl (C=O) groups is 1. The Morgan fingerprint density at radius 3 is 2.55 bits per heavy atom. The first-order valence-electron chi connectivity index (χ1n) is 6.14. The first-order chi connectivity index (χ1) is 9.40. The summed E-state index contributed by atoms with van der Waals surface area (Å²) in [7, 11) is 0. The summed E-state index contributed by atoms with van der Waals surface area (Å²) in [5.41, 5.74) is 5.04. The Labute approximate surface area is 125 Å². The smallest absolute Gasteiger partial charge is 0.328 e. The molecule has 0 unspecified atom stereocenters. The van der Waals surface area contributed by atoms with Crippen molar-refractivity contribution in [2.75, 3.05) is 0 Å². The van der Waals surface area contributed by atoms with Gasteiger partial charge in [0.1, 0.15) is 0 Å². The molecule has 0 aliphatic heterocycles. The molecule has 0 atom stereocenters. The molecule has 0 saturated carbocycles. The van der Waals surface area contributed by atoms with Crippen molar-refractivity contribution in [1.29, 1.82) is 0 Å². The van der Waals surface area contributed by atoms with E-state index >= 15 is 0 Å². The number of carboxylic acids is 1. The van der Waals surface area contributed by atoms with Crippen LogP contribution in [0.1, 0.15) is 22.5 Å². The van der Waals surface area contributed by atoms with Gasteiger partial charge in [-0.1, -0.05) is 22.0 Å². The lowest BCUT2D eigenvalue weighted by molar-refractivity contribution is -0.131. The molecule has 2 rings (SSSR count). The number of hydrogen-bond donors (Lipinski definition) is 1. The first kappa shape index (κ1) is 14.5. The summed E-state index contributed by atoms with van der Waals surface area (Å²) >= 11 is 3.46. The van der Waals surface area contributed by atoms with Gasteiger partial charge in [0.25, 0.3) is 0 Å². The van der Waals surface area contributed by atoms with Gasteiger partial charge in [-0.2, -0.15) is 5.10 Å². The van der Waals surface area contributed by atoms with Crippen LogP contribution in [0.25, 0.3) is 11.8 Å². The molecule has 1 N–H and O–H groups in total. The van der Waals surface area contributed by atoms with Gasteiger partial charge in [-0.25, -0.2) is 9.48 Å². The topological polar surface area (TPSA) is 55.1 Å². The van der Waals surface area contributed by atoms with Crippen molar-refractivity contribution in [2.24, 2.45) is 0 Å². The van der Waals surface area contributed by atoms with Crippen LogP contribution in [0, 0.1) is 20.8 Å². The monoisotopic (exact) mass is 334 g/mol. The third kappa shape index (κ3) is 2.82. The molecule has 0 radical (unpaired) electrons. The fourth-order valence-electron chi connectivity index (χ4n) is 1.92. The predicted molar refractivity (Wildman–Crippen MR) is 82.1 cm³/mol. The lowest BCUT2D eigenvalue weighted by atomic mass is 10.2. The number of halogens is 1. The summed E-state index contributed by atoms with van der Waals surface area (Å²) in [5, 5.41) is 13.2. The van der Waals surface area contributed by atoms with Gasteiger partial charge in [-0.05, 0) is 50.1 Å². The van der Waals surface area contributed by atoms with Crippen LogP contribution in [-0.2, 0) is 4.79 Å². The van der Waals surface area contributed by atoms with Crippen LogP contribution in [0.15, 0.2) is 28.7 Å². The number of nitrogens with zero attached hydrogens (tertiary/aromatic N) is 2. The predicted octanol–water partition coefficient (Wildman–Crippen LogP) is 3.66. The van der Waals surface area contributed by atoms with Crippen molar-refractivity contribution >= 4 is 28.0 Å². The van der Waals surface area contributed by atoms with Crippen molar-refractivity contribution in [1.82, 2.24) is 9.78 Å². The molecule has 0 fully saturated rings. The van der Waals surface area contributed by atoms with Crippen LogP contribution in [-0.4, -0.2) is 20.9 Å². The maximum absolute atomic E-state index is 10.5. The van der Waals surface area contributed by atoms with Crippen molar-refractivity contribution in [3.05, 3.63) is 51.3 Å². The van der Waals surface area contributed by atoms with Crippen LogP contribution >= 0.6 is 15.9 Å². The Bertz CT molecular complexity index is 702. The van der Waals surface area contributed by atoms with E-state index in [2.05, 4.69) is 21.0 Å². The lowest BCUT2D eigenvalue weighted by Crippen LogP contribution is -1.99. The van der Waals surface area contributed by atoms with E-state index in [1.807, 2.05) is 43.7 Å². The quantitative estimate of drug-likeness (QED) is 0.871. The Hall–Kier alpha value is -1.88. The summed E-state index contributed by atoms with van der Waals surface area (Å²) < 4.78 is 2.72. The van der Waals surface area contributed by atoms with E-state index in [0.29, 0.717) is 0 Å². The molecule has 1 heterocycles. The van der Waals surface area contributed by atoms with Crippen molar-refractivity contribution < 1.29 is 9.90 Å². The zero-order valence-corrected chi connectivity index (χ0v) is 13.1. The molecule has 0 aliphatic rings. The van der Waals surface area contributed by atoms with Gasteiger partial charge in [-0.15, -0.1) is 0 Å². The van der Waals surface area contributed by atoms with Crippen LogP contribution in [0.4, 0.5) is 0 Å². The maximum Gasteiger partial charge on any atom is 0.328 e. The minimum absolute atomic E-state index is 0.814. The molecular formula is C15H15BrN2O2. The molecule has 0 aliphatic carbocycles. The number of aryl methyl sites for hydroxylation is 1. The molecule has 5 heteroatoms. The molecule has 4 nitrogen and oxygen atoms in total. The molecule has 20 heavy (non-hydrogen) atoms. The molecule has 0 spiro atoms. The van der Waals surface area contributed by atoms with E-state index in [1.54, 1.807) is 6.08 Å². The van der Waals surface area contributed by atoms with Crippen LogP contribution in [0.3, 0.4) is 0 Å². The molecule has 0 bridgehead atoms. The molecule has 2 aromatic rings. The fourth-order valence-corrected chi connectivity index (χ4v) is 2.41. The minimum atomic E-state index is -0.963. The summed E-state index contributed by atoms with van der Waals surface area (Å²) in [4.78, 5) is 10.5. The van der Waals surface area contributed by atoms with Crippen LogP contribution < -0.4 is 0 Å². The minimum Gasteiger partial charge on any atom is -0.478 e. The Morgan fingerprint density at radius 1 is 1.35 bits per heavy atom. The van der Waals surface area contributed by atoms with Gasteiger partial charge in [-0.3, -0.25) is 0 Å². The van der Waals surface area contributed by atoms with Gasteiger partial charge in [0.2, 0.25) is 0 Å². The Kier molecular flexibility index (Phi) is 4.09. The molecule has 1 aromatic heterocycles. The zero-order chi connectivity index (χ0) is 14.9. The van der Waals surface area contributed by atoms with Crippen LogP contribution in [0.2, 0.25) is 0 Å². The summed E-state index contributed by atoms with van der Waals surface area (Å²) in [5.74, 6) is -0.963. The van der Waals surface area contributed by atoms with Gasteiger partial charge in [0, 0.05) is 16.2 Å². The second-order valence-electron chi connectivity index (χ2n) is 4.59. The summed E-state index contributed by atoms with van der Waals surface area (Å²) in [6, 6.07) is 5.72. The highest BCUT2D eigenvalue weighted by Crippen LogP contribution is 2.24. The van der Waals surface area contributed by atoms with Crippen molar-refractivity contribution in [3.63, 3.8) is 0 Å². The molecule has 0 saturated heterocycles. The Morgan fingerprint density at radius 2 is 2.05 bits per heavy atom. The second kappa shape index (κ2) is 5.63. The average Bonchev–Trinajstić information content (AvgIpc) is 2.65. The second-order valence-corrected chi connectivity index (χ2v) is 5.44. The molecule has 1 aromatic carbocycles. The molecular weight excluding hydrogens is 320 g/mol. The number of hydrogen-bond acceptors (Lipinski definition) is 2. The third-order valence-corrected chi connectivity index (χ3v) is 3.97. The van der Waals surface area contributed by atoms with E-state index in [1.165, 1.54) is 5.56 Å². The van der Waals surface area contributed by atoms with Gasteiger partial charge in [0.05, 0.1) is 11.4 Å². The van der Waals surface area contributed by atoms with Crippen molar-refractivity contribution in [2.45, 2.75) is 20.8 Å². The highest BCUT2D eigenvalue weighted by Gasteiger charge is 2.09. The number of rotatable bonds is 3. The highest BCUT2D eigenvalue weighted by atomic mass is 79.9. The largest absolute Gasteiger partial charge is 0.478 e. The fraction of sp³-hybridized carbons (Fsp3) is 0.200. The van der Waals surface area contributed by atoms with Crippen LogP contribution in [0.5, 0.6) is 0 Å². The van der Waals surface area contributed by atoms with E-state index < -0.39 is 5.97 Å². The van der Waals surface area contributed by atoms with E-state index in [-0.39, 0.29) is 0 Å². The third-order valence-electron chi connectivity index (χ3n) is 3.29. The summed E-state index contributed by atoms with van der Waals surface area (Å²) in [6.45, 7) is 6.06. The first-order valence-corrected chi connectivity index (χ1v) is 6.93. The number of aromatic nitrogens is 2. The average molecular weight is 335 g/mol. The highest BCUT2D eigenvalue weighted by molar-refractivity contribution is 9.10. The molecule has 0 amide bonds. The van der Waals surface area contributed by atoms with E-state index in [9.17, 15) is 4.79 Å². The standard InChI is InChI=1S/C15H15BrN2O2/c1-9-10(2)17-18(11(9)3)13-6-4-12(14(16)8-13)5-7-15(19)20/h4-8H,1-3H3,(H,19,20)/b7-5+. The SMILES string of the molecule is Cc1nn(-c2ccc(/C=C/C(=O)O)c(Br)c2)c(C)c1C. The summed E-state index contributed by atoms with van der Waals surface area (Å²) in [6.07, 6.45) is 2.68. The molecule has 104 valence electrons. The number of aliphatic carboxylic acids is 1. The number of benzene rings is 1. The van der Waals surface area contributed by atoms with Gasteiger partial charge >= 0.3 is 5.97 Å². The Balaban J connectivity index is 2.43. The normalized spacial score (nSPS) is 11.2. The number of carboxylic acid groups (broad SMARTS) is 1. The van der Waals surface area contributed by atoms with Gasteiger partial charge in [0.15, 0.2) is 0 Å². The van der Waals surface area contributed by atoms with E-state index in [0.717, 1.165) is 33.2 Å².